The average molecular weight is 430 g/mol. The van der Waals surface area contributed by atoms with E-state index >= 15 is 0 Å². The number of azo groups is 1. The van der Waals surface area contributed by atoms with Gasteiger partial charge >= 0.3 is 0 Å². The molecule has 0 fully saturated rings. The number of aryl methyl sites for hydroxylation is 1. The number of hydrogen-bond donors (Lipinski definition) is 1. The van der Waals surface area contributed by atoms with Crippen LogP contribution in [-0.2, 0) is 17.3 Å². The first-order valence-electron chi connectivity index (χ1n) is 11.4. The Morgan fingerprint density at radius 1 is 1.22 bits per heavy atom. The van der Waals surface area contributed by atoms with E-state index in [2.05, 4.69) is 72.6 Å². The molecule has 32 heavy (non-hydrogen) atoms. The molecular weight excluding hydrogens is 398 g/mol. The number of nitrogens with zero attached hydrogens (tertiary/aromatic N) is 4. The predicted molar refractivity (Wildman–Crippen MR) is 125 cm³/mol. The van der Waals surface area contributed by atoms with Gasteiger partial charge in [-0.05, 0) is 49.3 Å². The molecule has 2 aliphatic heterocycles. The summed E-state index contributed by atoms with van der Waals surface area (Å²) in [4.78, 5) is 13.7. The quantitative estimate of drug-likeness (QED) is 0.714. The lowest BCUT2D eigenvalue weighted by molar-refractivity contribution is -0.119. The van der Waals surface area contributed by atoms with Gasteiger partial charge in [0.05, 0.1) is 17.3 Å². The summed E-state index contributed by atoms with van der Waals surface area (Å²) in [5.74, 6) is 0.235. The standard InChI is InChI=1S/C26H31N5O/c1-7-26(18-10-8-9-17(11-18)19-14-27-31(6)16(19)3)22-15(2)29-30-24(22)28-20-12-25(4,5)13-21(32)23(20)26/h8-11,14,24,28H,7,12-13H2,1-6H3/t24?,26-/m0/s1. The number of ketones is 1. The molecule has 3 aliphatic rings. The highest BCUT2D eigenvalue weighted by atomic mass is 16.1. The highest BCUT2D eigenvalue weighted by molar-refractivity contribution is 6.01. The van der Waals surface area contributed by atoms with E-state index in [0.29, 0.717) is 6.42 Å². The summed E-state index contributed by atoms with van der Waals surface area (Å²) in [6, 6.07) is 8.63. The third kappa shape index (κ3) is 2.85. The van der Waals surface area contributed by atoms with Crippen molar-refractivity contribution < 1.29 is 4.79 Å². The van der Waals surface area contributed by atoms with E-state index in [0.717, 1.165) is 57.8 Å². The Balaban J connectivity index is 1.78. The fraction of sp³-hybridized carbons (Fsp3) is 0.462. The highest BCUT2D eigenvalue weighted by Gasteiger charge is 2.53. The van der Waals surface area contributed by atoms with Crippen LogP contribution in [0.1, 0.15) is 58.2 Å². The molecule has 2 atom stereocenters. The van der Waals surface area contributed by atoms with E-state index in [1.165, 1.54) is 0 Å². The van der Waals surface area contributed by atoms with Gasteiger partial charge in [0, 0.05) is 41.6 Å². The minimum absolute atomic E-state index is 0.0664. The van der Waals surface area contributed by atoms with Crippen LogP contribution < -0.4 is 5.32 Å². The lowest BCUT2D eigenvalue weighted by Crippen LogP contribution is -2.51. The van der Waals surface area contributed by atoms with Gasteiger partial charge in [-0.3, -0.25) is 9.48 Å². The van der Waals surface area contributed by atoms with Gasteiger partial charge in [0.2, 0.25) is 0 Å². The first-order valence-corrected chi connectivity index (χ1v) is 11.4. The molecule has 2 aromatic rings. The molecule has 1 aliphatic carbocycles. The minimum Gasteiger partial charge on any atom is -0.362 e. The van der Waals surface area contributed by atoms with Gasteiger partial charge in [0.25, 0.3) is 0 Å². The Morgan fingerprint density at radius 3 is 2.69 bits per heavy atom. The van der Waals surface area contributed by atoms with Crippen LogP contribution in [0.2, 0.25) is 0 Å². The number of hydrogen-bond acceptors (Lipinski definition) is 5. The van der Waals surface area contributed by atoms with Crippen molar-refractivity contribution in [2.45, 2.75) is 65.5 Å². The molecule has 5 rings (SSSR count). The van der Waals surface area contributed by atoms with Gasteiger partial charge in [-0.25, -0.2) is 0 Å². The molecular formula is C26H31N5O. The van der Waals surface area contributed by atoms with Gasteiger partial charge in [-0.1, -0.05) is 39.0 Å². The van der Waals surface area contributed by atoms with Crippen LogP contribution in [0.4, 0.5) is 0 Å². The Kier molecular flexibility index (Phi) is 4.56. The molecule has 6 heteroatoms. The topological polar surface area (TPSA) is 71.6 Å². The number of Topliss-reactive ketones (excluding diaryl/α,β-unsaturated/α-hetero) is 1. The van der Waals surface area contributed by atoms with Crippen molar-refractivity contribution in [1.82, 2.24) is 15.1 Å². The van der Waals surface area contributed by atoms with Gasteiger partial charge in [-0.15, -0.1) is 0 Å². The van der Waals surface area contributed by atoms with E-state index < -0.39 is 5.41 Å². The zero-order chi connectivity index (χ0) is 22.8. The van der Waals surface area contributed by atoms with Crippen molar-refractivity contribution in [3.05, 3.63) is 64.3 Å². The van der Waals surface area contributed by atoms with E-state index in [1.807, 2.05) is 24.9 Å². The summed E-state index contributed by atoms with van der Waals surface area (Å²) < 4.78 is 1.90. The molecule has 6 nitrogen and oxygen atoms in total. The maximum absolute atomic E-state index is 13.7. The number of carbonyl (C=O) groups is 1. The van der Waals surface area contributed by atoms with Crippen LogP contribution in [0.25, 0.3) is 11.1 Å². The molecule has 0 spiro atoms. The number of rotatable bonds is 3. The number of carbonyl (C=O) groups excluding carboxylic acids is 1. The summed E-state index contributed by atoms with van der Waals surface area (Å²) >= 11 is 0. The number of fused-ring (bicyclic) bond motifs is 1. The Bertz CT molecular complexity index is 1230. The molecule has 1 aromatic carbocycles. The van der Waals surface area contributed by atoms with Crippen LogP contribution in [0.3, 0.4) is 0 Å². The molecule has 0 amide bonds. The van der Waals surface area contributed by atoms with Crippen molar-refractivity contribution in [2.24, 2.45) is 22.7 Å². The zero-order valence-corrected chi connectivity index (χ0v) is 19.8. The van der Waals surface area contributed by atoms with Crippen LogP contribution in [-0.4, -0.2) is 21.7 Å². The number of nitrogens with one attached hydrogen (secondary N) is 1. The van der Waals surface area contributed by atoms with E-state index in [-0.39, 0.29) is 17.4 Å². The van der Waals surface area contributed by atoms with Crippen LogP contribution >= 0.6 is 0 Å². The van der Waals surface area contributed by atoms with Gasteiger partial charge in [0.15, 0.2) is 11.9 Å². The maximum Gasteiger partial charge on any atom is 0.165 e. The third-order valence-electron chi connectivity index (χ3n) is 7.49. The smallest absolute Gasteiger partial charge is 0.165 e. The molecule has 0 radical (unpaired) electrons. The summed E-state index contributed by atoms with van der Waals surface area (Å²) in [5, 5.41) is 17.0. The second kappa shape index (κ2) is 6.99. The molecule has 0 saturated carbocycles. The molecule has 1 aromatic heterocycles. The molecule has 166 valence electrons. The number of benzene rings is 1. The lowest BCUT2D eigenvalue weighted by Gasteiger charge is -2.48. The molecule has 0 bridgehead atoms. The van der Waals surface area contributed by atoms with Crippen molar-refractivity contribution in [2.75, 3.05) is 0 Å². The first-order chi connectivity index (χ1) is 15.2. The second-order valence-corrected chi connectivity index (χ2v) is 10.2. The van der Waals surface area contributed by atoms with Crippen molar-refractivity contribution >= 4 is 5.78 Å². The Morgan fingerprint density at radius 2 is 2.00 bits per heavy atom. The van der Waals surface area contributed by atoms with E-state index in [4.69, 9.17) is 0 Å². The van der Waals surface area contributed by atoms with Crippen molar-refractivity contribution in [3.63, 3.8) is 0 Å². The van der Waals surface area contributed by atoms with Crippen molar-refractivity contribution in [3.8, 4) is 11.1 Å². The largest absolute Gasteiger partial charge is 0.362 e. The summed E-state index contributed by atoms with van der Waals surface area (Å²) in [7, 11) is 1.96. The zero-order valence-electron chi connectivity index (χ0n) is 19.8. The van der Waals surface area contributed by atoms with Gasteiger partial charge in [-0.2, -0.15) is 15.3 Å². The molecule has 0 saturated heterocycles. The minimum atomic E-state index is -0.529. The predicted octanol–water partition coefficient (Wildman–Crippen LogP) is 5.36. The monoisotopic (exact) mass is 429 g/mol. The molecule has 1 unspecified atom stereocenters. The summed E-state index contributed by atoms with van der Waals surface area (Å²) in [5.41, 5.74) is 7.87. The van der Waals surface area contributed by atoms with Crippen molar-refractivity contribution in [1.29, 1.82) is 0 Å². The van der Waals surface area contributed by atoms with Gasteiger partial charge < -0.3 is 5.32 Å². The molecule has 1 N–H and O–H groups in total. The third-order valence-corrected chi connectivity index (χ3v) is 7.49. The normalized spacial score (nSPS) is 26.3. The summed E-state index contributed by atoms with van der Waals surface area (Å²) in [6.45, 7) is 10.6. The second-order valence-electron chi connectivity index (χ2n) is 10.2. The Hall–Kier alpha value is -3.02. The number of aromatic nitrogens is 2. The van der Waals surface area contributed by atoms with Gasteiger partial charge in [0.1, 0.15) is 0 Å². The number of allylic oxidation sites excluding steroid dienone is 3. The average Bonchev–Trinajstić information content (AvgIpc) is 3.28. The fourth-order valence-corrected chi connectivity index (χ4v) is 5.94. The van der Waals surface area contributed by atoms with E-state index in [1.54, 1.807) is 0 Å². The summed E-state index contributed by atoms with van der Waals surface area (Å²) in [6.07, 6.45) is 3.89. The Labute approximate surface area is 189 Å². The van der Waals surface area contributed by atoms with E-state index in [9.17, 15) is 4.79 Å². The van der Waals surface area contributed by atoms with Crippen LogP contribution in [0.15, 0.2) is 63.2 Å². The maximum atomic E-state index is 13.7. The fourth-order valence-electron chi connectivity index (χ4n) is 5.94. The van der Waals surface area contributed by atoms with Crippen LogP contribution in [0.5, 0.6) is 0 Å². The van der Waals surface area contributed by atoms with Crippen LogP contribution in [0, 0.1) is 12.3 Å². The molecule has 3 heterocycles. The lowest BCUT2D eigenvalue weighted by atomic mass is 9.58. The first kappa shape index (κ1) is 20.9. The highest BCUT2D eigenvalue weighted by Crippen LogP contribution is 2.55. The SMILES string of the molecule is CC[C@@]1(c2cccc(-c3cnn(C)c3C)c2)C2=C(CC(C)(C)CC2=O)NC2N=NC(C)=C21.